The third-order valence-corrected chi connectivity index (χ3v) is 6.29. The standard InChI is InChI=1S/C34H30/c1-3-10-27(11-4-1)20-29-14-7-16-31(22-29)24-33-18-9-19-34(26-33)25-32-17-8-15-30(23-32)21-28-12-5-2-6-13-28/h1-19,22-23,26H,20-21,24-25H2. The van der Waals surface area contributed by atoms with E-state index in [1.807, 2.05) is 0 Å². The first-order valence-corrected chi connectivity index (χ1v) is 12.1. The van der Waals surface area contributed by atoms with Gasteiger partial charge in [-0.1, -0.05) is 133 Å². The Hall–Kier alpha value is -3.90. The van der Waals surface area contributed by atoms with Crippen LogP contribution < -0.4 is 0 Å². The zero-order chi connectivity index (χ0) is 23.0. The molecule has 0 heteroatoms. The van der Waals surface area contributed by atoms with E-state index >= 15 is 0 Å². The molecule has 166 valence electrons. The average molecular weight is 439 g/mol. The van der Waals surface area contributed by atoms with Crippen LogP contribution in [0.25, 0.3) is 0 Å². The second-order valence-corrected chi connectivity index (χ2v) is 9.14. The third kappa shape index (κ3) is 6.11. The minimum Gasteiger partial charge on any atom is -0.0622 e. The van der Waals surface area contributed by atoms with E-state index in [0.717, 1.165) is 25.7 Å². The SMILES string of the molecule is c1ccc(Cc2cccc(Cc3cccc(Cc4cccc(Cc5ccccc5)c4)c3)c2)cc1. The summed E-state index contributed by atoms with van der Waals surface area (Å²) in [6.45, 7) is 0. The summed E-state index contributed by atoms with van der Waals surface area (Å²) in [7, 11) is 0. The Balaban J connectivity index is 1.26. The Bertz CT molecular complexity index is 1230. The topological polar surface area (TPSA) is 0 Å². The van der Waals surface area contributed by atoms with Crippen LogP contribution in [-0.2, 0) is 25.7 Å². The van der Waals surface area contributed by atoms with Crippen molar-refractivity contribution in [2.24, 2.45) is 0 Å². The van der Waals surface area contributed by atoms with Crippen LogP contribution in [0.5, 0.6) is 0 Å². The van der Waals surface area contributed by atoms with Gasteiger partial charge < -0.3 is 0 Å². The van der Waals surface area contributed by atoms with Gasteiger partial charge in [0.15, 0.2) is 0 Å². The summed E-state index contributed by atoms with van der Waals surface area (Å²) in [6, 6.07) is 48.5. The fraction of sp³-hybridized carbons (Fsp3) is 0.118. The molecular weight excluding hydrogens is 408 g/mol. The Morgan fingerprint density at radius 3 is 0.765 bits per heavy atom. The molecule has 5 aromatic carbocycles. The summed E-state index contributed by atoms with van der Waals surface area (Å²) in [4.78, 5) is 0. The van der Waals surface area contributed by atoms with Crippen molar-refractivity contribution >= 4 is 0 Å². The summed E-state index contributed by atoms with van der Waals surface area (Å²) < 4.78 is 0. The van der Waals surface area contributed by atoms with Crippen LogP contribution in [0.1, 0.15) is 44.5 Å². The molecule has 0 saturated carbocycles. The van der Waals surface area contributed by atoms with Crippen LogP contribution in [-0.4, -0.2) is 0 Å². The van der Waals surface area contributed by atoms with Gasteiger partial charge in [-0.05, 0) is 70.2 Å². The molecule has 0 aliphatic heterocycles. The maximum Gasteiger partial charge on any atom is -0.00256 e. The smallest absolute Gasteiger partial charge is 0.00256 e. The van der Waals surface area contributed by atoms with Crippen molar-refractivity contribution in [3.05, 3.63) is 178 Å². The molecule has 5 aromatic rings. The second-order valence-electron chi connectivity index (χ2n) is 9.14. The predicted octanol–water partition coefficient (Wildman–Crippen LogP) is 8.05. The number of benzene rings is 5. The maximum atomic E-state index is 2.37. The van der Waals surface area contributed by atoms with E-state index < -0.39 is 0 Å². The van der Waals surface area contributed by atoms with Crippen LogP contribution in [0.15, 0.2) is 133 Å². The van der Waals surface area contributed by atoms with E-state index in [1.54, 1.807) is 0 Å². The molecule has 0 saturated heterocycles. The number of rotatable bonds is 8. The van der Waals surface area contributed by atoms with E-state index in [-0.39, 0.29) is 0 Å². The summed E-state index contributed by atoms with van der Waals surface area (Å²) >= 11 is 0. The molecule has 0 radical (unpaired) electrons. The quantitative estimate of drug-likeness (QED) is 0.230. The summed E-state index contributed by atoms with van der Waals surface area (Å²) in [5, 5.41) is 0. The highest BCUT2D eigenvalue weighted by molar-refractivity contribution is 5.37. The molecule has 5 rings (SSSR count). The molecule has 0 aromatic heterocycles. The lowest BCUT2D eigenvalue weighted by atomic mass is 9.96. The van der Waals surface area contributed by atoms with Crippen molar-refractivity contribution < 1.29 is 0 Å². The fourth-order valence-electron chi connectivity index (χ4n) is 4.68. The van der Waals surface area contributed by atoms with Crippen molar-refractivity contribution in [2.75, 3.05) is 0 Å². The predicted molar refractivity (Wildman–Crippen MR) is 143 cm³/mol. The molecule has 0 nitrogen and oxygen atoms in total. The lowest BCUT2D eigenvalue weighted by Gasteiger charge is -2.09. The van der Waals surface area contributed by atoms with Gasteiger partial charge in [0.05, 0.1) is 0 Å². The van der Waals surface area contributed by atoms with E-state index in [0.29, 0.717) is 0 Å². The van der Waals surface area contributed by atoms with Gasteiger partial charge in [-0.15, -0.1) is 0 Å². The Morgan fingerprint density at radius 2 is 0.471 bits per heavy atom. The van der Waals surface area contributed by atoms with E-state index in [1.165, 1.54) is 44.5 Å². The molecule has 0 heterocycles. The van der Waals surface area contributed by atoms with Crippen molar-refractivity contribution in [3.63, 3.8) is 0 Å². The van der Waals surface area contributed by atoms with Gasteiger partial charge in [-0.3, -0.25) is 0 Å². The minimum absolute atomic E-state index is 0.963. The van der Waals surface area contributed by atoms with Crippen molar-refractivity contribution in [1.29, 1.82) is 0 Å². The monoisotopic (exact) mass is 438 g/mol. The Labute approximate surface area is 203 Å². The molecule has 0 aliphatic carbocycles. The van der Waals surface area contributed by atoms with Crippen molar-refractivity contribution in [2.45, 2.75) is 25.7 Å². The molecule has 0 unspecified atom stereocenters. The minimum atomic E-state index is 0.963. The first-order valence-electron chi connectivity index (χ1n) is 12.1. The number of hydrogen-bond donors (Lipinski definition) is 0. The van der Waals surface area contributed by atoms with Gasteiger partial charge in [-0.25, -0.2) is 0 Å². The average Bonchev–Trinajstić information content (AvgIpc) is 2.86. The van der Waals surface area contributed by atoms with Gasteiger partial charge in [0.2, 0.25) is 0 Å². The van der Waals surface area contributed by atoms with Gasteiger partial charge in [0.25, 0.3) is 0 Å². The van der Waals surface area contributed by atoms with Crippen LogP contribution in [0, 0.1) is 0 Å². The van der Waals surface area contributed by atoms with E-state index in [9.17, 15) is 0 Å². The highest BCUT2D eigenvalue weighted by Gasteiger charge is 2.04. The molecule has 0 spiro atoms. The Kier molecular flexibility index (Phi) is 6.97. The van der Waals surface area contributed by atoms with Crippen molar-refractivity contribution in [3.8, 4) is 0 Å². The largest absolute Gasteiger partial charge is 0.0622 e. The molecule has 0 aliphatic rings. The molecule has 0 amide bonds. The first kappa shape index (κ1) is 21.9. The fourth-order valence-corrected chi connectivity index (χ4v) is 4.68. The van der Waals surface area contributed by atoms with Gasteiger partial charge in [-0.2, -0.15) is 0 Å². The highest BCUT2D eigenvalue weighted by Crippen LogP contribution is 2.19. The Morgan fingerprint density at radius 1 is 0.235 bits per heavy atom. The van der Waals surface area contributed by atoms with Crippen LogP contribution in [0.4, 0.5) is 0 Å². The van der Waals surface area contributed by atoms with Crippen LogP contribution in [0.2, 0.25) is 0 Å². The zero-order valence-electron chi connectivity index (χ0n) is 19.5. The van der Waals surface area contributed by atoms with E-state index in [2.05, 4.69) is 133 Å². The molecule has 0 atom stereocenters. The third-order valence-electron chi connectivity index (χ3n) is 6.29. The molecule has 34 heavy (non-hydrogen) atoms. The maximum absolute atomic E-state index is 2.37. The first-order chi connectivity index (χ1) is 16.8. The summed E-state index contributed by atoms with van der Waals surface area (Å²) in [5.74, 6) is 0. The van der Waals surface area contributed by atoms with Crippen molar-refractivity contribution in [1.82, 2.24) is 0 Å². The molecule has 0 fully saturated rings. The molecule has 0 N–H and O–H groups in total. The van der Waals surface area contributed by atoms with Crippen LogP contribution >= 0.6 is 0 Å². The summed E-state index contributed by atoms with van der Waals surface area (Å²) in [6.07, 6.45) is 3.89. The van der Waals surface area contributed by atoms with E-state index in [4.69, 9.17) is 0 Å². The molecule has 0 bridgehead atoms. The highest BCUT2D eigenvalue weighted by atomic mass is 14.1. The van der Waals surface area contributed by atoms with Gasteiger partial charge in [0.1, 0.15) is 0 Å². The molecular formula is C34H30. The number of hydrogen-bond acceptors (Lipinski definition) is 0. The van der Waals surface area contributed by atoms with Gasteiger partial charge in [0, 0.05) is 0 Å². The zero-order valence-corrected chi connectivity index (χ0v) is 19.5. The van der Waals surface area contributed by atoms with Gasteiger partial charge >= 0.3 is 0 Å². The summed E-state index contributed by atoms with van der Waals surface area (Å²) in [5.41, 5.74) is 10.9. The lowest BCUT2D eigenvalue weighted by molar-refractivity contribution is 1.11. The lowest BCUT2D eigenvalue weighted by Crippen LogP contribution is -1.95. The van der Waals surface area contributed by atoms with Crippen LogP contribution in [0.3, 0.4) is 0 Å². The normalized spacial score (nSPS) is 10.8. The second kappa shape index (κ2) is 10.8.